The topological polar surface area (TPSA) is 123 Å². The lowest BCUT2D eigenvalue weighted by molar-refractivity contribution is 0.0692. The number of nitrogens with zero attached hydrogens (tertiary/aromatic N) is 1. The Morgan fingerprint density at radius 2 is 1.96 bits per heavy atom. The second-order valence-corrected chi connectivity index (χ2v) is 4.90. The minimum absolute atomic E-state index is 0.0705. The fraction of sp³-hybridized carbons (Fsp3) is 0.118. The molecule has 0 aromatic heterocycles. The average Bonchev–Trinajstić information content (AvgIpc) is 2.60. The summed E-state index contributed by atoms with van der Waals surface area (Å²) in [6.45, 7) is 0. The van der Waals surface area contributed by atoms with Crippen molar-refractivity contribution in [2.75, 3.05) is 20.0 Å². The van der Waals surface area contributed by atoms with Crippen LogP contribution < -0.4 is 20.6 Å². The van der Waals surface area contributed by atoms with Crippen molar-refractivity contribution in [2.24, 2.45) is 5.10 Å². The van der Waals surface area contributed by atoms with Crippen LogP contribution in [0.5, 0.6) is 11.5 Å². The van der Waals surface area contributed by atoms with Gasteiger partial charge < -0.3 is 20.3 Å². The zero-order valence-corrected chi connectivity index (χ0v) is 13.6. The molecule has 0 spiro atoms. The lowest BCUT2D eigenvalue weighted by Crippen LogP contribution is -2.18. The van der Waals surface area contributed by atoms with Gasteiger partial charge in [0.25, 0.3) is 5.91 Å². The van der Waals surface area contributed by atoms with Crippen molar-refractivity contribution in [3.8, 4) is 11.5 Å². The number of rotatable bonds is 6. The molecule has 25 heavy (non-hydrogen) atoms. The summed E-state index contributed by atoms with van der Waals surface area (Å²) in [5, 5.41) is 13.2. The van der Waals surface area contributed by atoms with Crippen LogP contribution in [0.2, 0.25) is 0 Å². The standard InChI is InChI=1S/C17H17N3O5/c1-24-13-7-6-11(14(17(22)23)15(13)25-2)9-19-20-16(21)10-4-3-5-12(18)8-10/h3-9H,18H2,1-2H3,(H,20,21)(H,22,23)/b19-9-. The van der Waals surface area contributed by atoms with E-state index in [2.05, 4.69) is 10.5 Å². The number of methoxy groups -OCH3 is 2. The van der Waals surface area contributed by atoms with E-state index < -0.39 is 11.9 Å². The first kappa shape index (κ1) is 17.8. The Hall–Kier alpha value is -3.55. The van der Waals surface area contributed by atoms with E-state index in [1.165, 1.54) is 32.6 Å². The van der Waals surface area contributed by atoms with E-state index in [9.17, 15) is 14.7 Å². The molecule has 0 heterocycles. The summed E-state index contributed by atoms with van der Waals surface area (Å²) in [6, 6.07) is 9.44. The molecule has 2 aromatic carbocycles. The van der Waals surface area contributed by atoms with Crippen LogP contribution in [0.3, 0.4) is 0 Å². The molecular formula is C17H17N3O5. The van der Waals surface area contributed by atoms with Gasteiger partial charge in [0.05, 0.1) is 20.4 Å². The molecular weight excluding hydrogens is 326 g/mol. The van der Waals surface area contributed by atoms with Crippen molar-refractivity contribution in [3.63, 3.8) is 0 Å². The van der Waals surface area contributed by atoms with Crippen LogP contribution in [0.25, 0.3) is 0 Å². The molecule has 0 unspecified atom stereocenters. The zero-order valence-electron chi connectivity index (χ0n) is 13.6. The molecule has 0 saturated carbocycles. The Labute approximate surface area is 143 Å². The Kier molecular flexibility index (Phi) is 5.57. The zero-order chi connectivity index (χ0) is 18.4. The van der Waals surface area contributed by atoms with Gasteiger partial charge in [0.2, 0.25) is 0 Å². The van der Waals surface area contributed by atoms with Crippen molar-refractivity contribution in [1.29, 1.82) is 0 Å². The van der Waals surface area contributed by atoms with Gasteiger partial charge in [-0.25, -0.2) is 10.2 Å². The molecule has 2 rings (SSSR count). The van der Waals surface area contributed by atoms with Gasteiger partial charge >= 0.3 is 5.97 Å². The largest absolute Gasteiger partial charge is 0.493 e. The maximum atomic E-state index is 12.0. The van der Waals surface area contributed by atoms with E-state index in [1.54, 1.807) is 24.3 Å². The molecule has 1 amide bonds. The summed E-state index contributed by atoms with van der Waals surface area (Å²) in [5.41, 5.74) is 8.85. The van der Waals surface area contributed by atoms with Crippen LogP contribution in [0.1, 0.15) is 26.3 Å². The number of aromatic carboxylic acids is 1. The van der Waals surface area contributed by atoms with Crippen LogP contribution in [-0.2, 0) is 0 Å². The highest BCUT2D eigenvalue weighted by molar-refractivity contribution is 6.02. The second-order valence-electron chi connectivity index (χ2n) is 4.90. The molecule has 8 heteroatoms. The summed E-state index contributed by atoms with van der Waals surface area (Å²) < 4.78 is 10.2. The predicted octanol–water partition coefficient (Wildman–Crippen LogP) is 1.75. The maximum Gasteiger partial charge on any atom is 0.340 e. The van der Waals surface area contributed by atoms with Gasteiger partial charge in [-0.15, -0.1) is 0 Å². The lowest BCUT2D eigenvalue weighted by atomic mass is 10.1. The number of anilines is 1. The first-order chi connectivity index (χ1) is 12.0. The number of ether oxygens (including phenoxy) is 2. The second kappa shape index (κ2) is 7.82. The molecule has 0 aliphatic heterocycles. The third-order valence-electron chi connectivity index (χ3n) is 3.31. The van der Waals surface area contributed by atoms with E-state index >= 15 is 0 Å². The third kappa shape index (κ3) is 4.05. The smallest absolute Gasteiger partial charge is 0.340 e. The molecule has 0 bridgehead atoms. The number of nitrogens with one attached hydrogen (secondary N) is 1. The summed E-state index contributed by atoms with van der Waals surface area (Å²) in [6.07, 6.45) is 1.22. The van der Waals surface area contributed by atoms with E-state index in [-0.39, 0.29) is 22.6 Å². The lowest BCUT2D eigenvalue weighted by Gasteiger charge is -2.12. The molecule has 0 aliphatic rings. The number of carboxylic acid groups (broad SMARTS) is 1. The molecule has 8 nitrogen and oxygen atoms in total. The van der Waals surface area contributed by atoms with E-state index in [0.29, 0.717) is 11.3 Å². The van der Waals surface area contributed by atoms with E-state index in [0.717, 1.165) is 0 Å². The SMILES string of the molecule is COc1ccc(/C=N\NC(=O)c2cccc(N)c2)c(C(=O)O)c1OC. The van der Waals surface area contributed by atoms with E-state index in [1.807, 2.05) is 0 Å². The number of benzene rings is 2. The monoisotopic (exact) mass is 343 g/mol. The van der Waals surface area contributed by atoms with Gasteiger partial charge in [0.15, 0.2) is 11.5 Å². The normalized spacial score (nSPS) is 10.5. The molecule has 130 valence electrons. The highest BCUT2D eigenvalue weighted by Gasteiger charge is 2.20. The molecule has 0 saturated heterocycles. The van der Waals surface area contributed by atoms with Gasteiger partial charge in [-0.1, -0.05) is 6.07 Å². The first-order valence-electron chi connectivity index (χ1n) is 7.15. The first-order valence-corrected chi connectivity index (χ1v) is 7.15. The number of carbonyl (C=O) groups is 2. The molecule has 0 aliphatic carbocycles. The quantitative estimate of drug-likeness (QED) is 0.417. The number of hydrazone groups is 1. The van der Waals surface area contributed by atoms with Gasteiger partial charge in [0, 0.05) is 16.8 Å². The van der Waals surface area contributed by atoms with Crippen LogP contribution in [0.4, 0.5) is 5.69 Å². The third-order valence-corrected chi connectivity index (χ3v) is 3.31. The van der Waals surface area contributed by atoms with Crippen molar-refractivity contribution < 1.29 is 24.2 Å². The summed E-state index contributed by atoms with van der Waals surface area (Å²) in [5.74, 6) is -1.33. The van der Waals surface area contributed by atoms with Crippen molar-refractivity contribution in [1.82, 2.24) is 5.43 Å². The number of hydrogen-bond acceptors (Lipinski definition) is 6. The number of nitrogen functional groups attached to an aromatic ring is 1. The van der Waals surface area contributed by atoms with Crippen molar-refractivity contribution >= 4 is 23.8 Å². The fourth-order valence-corrected chi connectivity index (χ4v) is 2.18. The molecule has 2 aromatic rings. The summed E-state index contributed by atoms with van der Waals surface area (Å²) in [4.78, 5) is 23.5. The Balaban J connectivity index is 2.26. The van der Waals surface area contributed by atoms with Gasteiger partial charge in [-0.05, 0) is 30.3 Å². The van der Waals surface area contributed by atoms with Gasteiger partial charge in [-0.3, -0.25) is 4.79 Å². The highest BCUT2D eigenvalue weighted by Crippen LogP contribution is 2.32. The Morgan fingerprint density at radius 3 is 2.56 bits per heavy atom. The molecule has 0 fully saturated rings. The van der Waals surface area contributed by atoms with Gasteiger partial charge in [-0.2, -0.15) is 5.10 Å². The Morgan fingerprint density at radius 1 is 1.20 bits per heavy atom. The minimum Gasteiger partial charge on any atom is -0.493 e. The van der Waals surface area contributed by atoms with Gasteiger partial charge in [0.1, 0.15) is 5.56 Å². The maximum absolute atomic E-state index is 12.0. The summed E-state index contributed by atoms with van der Waals surface area (Å²) >= 11 is 0. The molecule has 0 radical (unpaired) electrons. The Bertz CT molecular complexity index is 833. The number of carbonyl (C=O) groups excluding carboxylic acids is 1. The van der Waals surface area contributed by atoms with Crippen LogP contribution in [0.15, 0.2) is 41.5 Å². The summed E-state index contributed by atoms with van der Waals surface area (Å²) in [7, 11) is 2.75. The average molecular weight is 343 g/mol. The molecule has 0 atom stereocenters. The minimum atomic E-state index is -1.21. The van der Waals surface area contributed by atoms with Crippen LogP contribution >= 0.6 is 0 Å². The van der Waals surface area contributed by atoms with Crippen molar-refractivity contribution in [2.45, 2.75) is 0 Å². The number of carboxylic acids is 1. The fourth-order valence-electron chi connectivity index (χ4n) is 2.18. The number of nitrogens with two attached hydrogens (primary N) is 1. The predicted molar refractivity (Wildman–Crippen MR) is 92.4 cm³/mol. The van der Waals surface area contributed by atoms with Crippen LogP contribution in [0, 0.1) is 0 Å². The molecule has 4 N–H and O–H groups in total. The van der Waals surface area contributed by atoms with E-state index in [4.69, 9.17) is 15.2 Å². The van der Waals surface area contributed by atoms with Crippen molar-refractivity contribution in [3.05, 3.63) is 53.1 Å². The number of hydrogen-bond donors (Lipinski definition) is 3. The highest BCUT2D eigenvalue weighted by atomic mass is 16.5. The van der Waals surface area contributed by atoms with Crippen LogP contribution in [-0.4, -0.2) is 37.4 Å². The number of amides is 1.